The molecule has 0 saturated heterocycles. The van der Waals surface area contributed by atoms with Crippen molar-refractivity contribution in [1.29, 1.82) is 0 Å². The van der Waals surface area contributed by atoms with Crippen LogP contribution in [0.15, 0.2) is 18.2 Å². The number of carbonyl (C=O) groups is 1. The molecule has 21 heavy (non-hydrogen) atoms. The van der Waals surface area contributed by atoms with Crippen LogP contribution in [0.25, 0.3) is 0 Å². The molecule has 1 unspecified atom stereocenters. The fourth-order valence-electron chi connectivity index (χ4n) is 1.98. The predicted octanol–water partition coefficient (Wildman–Crippen LogP) is 3.22. The van der Waals surface area contributed by atoms with Gasteiger partial charge in [0.2, 0.25) is 0 Å². The van der Waals surface area contributed by atoms with Crippen molar-refractivity contribution in [3.63, 3.8) is 0 Å². The Labute approximate surface area is 120 Å². The number of alkyl halides is 3. The summed E-state index contributed by atoms with van der Waals surface area (Å²) >= 11 is 0. The lowest BCUT2D eigenvalue weighted by Crippen LogP contribution is -2.27. The molecule has 7 heteroatoms. The van der Waals surface area contributed by atoms with E-state index in [2.05, 4.69) is 5.32 Å². The van der Waals surface area contributed by atoms with Gasteiger partial charge in [0.25, 0.3) is 0 Å². The van der Waals surface area contributed by atoms with Gasteiger partial charge in [-0.1, -0.05) is 13.8 Å². The smallest absolute Gasteiger partial charge is 0.417 e. The minimum atomic E-state index is -4.71. The Bertz CT molecular complexity index is 501. The van der Waals surface area contributed by atoms with Crippen molar-refractivity contribution in [2.45, 2.75) is 32.5 Å². The minimum absolute atomic E-state index is 0.0672. The summed E-state index contributed by atoms with van der Waals surface area (Å²) in [6.45, 7) is 3.73. The van der Waals surface area contributed by atoms with Crippen LogP contribution in [0.2, 0.25) is 0 Å². The Kier molecular flexibility index (Phi) is 5.60. The highest BCUT2D eigenvalue weighted by Gasteiger charge is 2.35. The van der Waals surface area contributed by atoms with Crippen molar-refractivity contribution in [3.8, 4) is 0 Å². The van der Waals surface area contributed by atoms with E-state index < -0.39 is 23.3 Å². The maximum Gasteiger partial charge on any atom is 0.417 e. The molecular weight excluding hydrogens is 287 g/mol. The third-order valence-electron chi connectivity index (χ3n) is 3.15. The third-order valence-corrected chi connectivity index (χ3v) is 3.15. The van der Waals surface area contributed by atoms with Crippen LogP contribution < -0.4 is 5.32 Å². The highest BCUT2D eigenvalue weighted by molar-refractivity contribution is 5.91. The van der Waals surface area contributed by atoms with Gasteiger partial charge in [-0.3, -0.25) is 0 Å². The molecule has 0 saturated carbocycles. The topological polar surface area (TPSA) is 69.6 Å². The number of anilines is 1. The van der Waals surface area contributed by atoms with E-state index in [1.165, 1.54) is 6.07 Å². The van der Waals surface area contributed by atoms with Gasteiger partial charge in [-0.25, -0.2) is 4.79 Å². The van der Waals surface area contributed by atoms with Crippen LogP contribution in [0.1, 0.15) is 36.2 Å². The van der Waals surface area contributed by atoms with Crippen LogP contribution in [-0.4, -0.2) is 28.8 Å². The highest BCUT2D eigenvalue weighted by atomic mass is 19.4. The lowest BCUT2D eigenvalue weighted by Gasteiger charge is -2.23. The molecule has 1 atom stereocenters. The fourth-order valence-corrected chi connectivity index (χ4v) is 1.98. The van der Waals surface area contributed by atoms with Gasteiger partial charge in [0.1, 0.15) is 0 Å². The molecular formula is C14H18F3NO3. The Hall–Kier alpha value is -1.76. The van der Waals surface area contributed by atoms with Crippen molar-refractivity contribution in [2.75, 3.05) is 11.9 Å². The molecule has 4 nitrogen and oxygen atoms in total. The summed E-state index contributed by atoms with van der Waals surface area (Å²) in [4.78, 5) is 11.0. The number of halogens is 3. The zero-order valence-corrected chi connectivity index (χ0v) is 11.7. The molecule has 0 fully saturated rings. The van der Waals surface area contributed by atoms with Crippen molar-refractivity contribution in [2.24, 2.45) is 5.92 Å². The molecule has 3 N–H and O–H groups in total. The average Bonchev–Trinajstić information content (AvgIpc) is 2.36. The van der Waals surface area contributed by atoms with Gasteiger partial charge < -0.3 is 15.5 Å². The van der Waals surface area contributed by atoms with Gasteiger partial charge in [-0.2, -0.15) is 13.2 Å². The van der Waals surface area contributed by atoms with E-state index in [4.69, 9.17) is 10.2 Å². The number of aromatic carboxylic acids is 1. The van der Waals surface area contributed by atoms with Crippen LogP contribution in [0.4, 0.5) is 18.9 Å². The number of rotatable bonds is 6. The van der Waals surface area contributed by atoms with E-state index >= 15 is 0 Å². The summed E-state index contributed by atoms with van der Waals surface area (Å²) in [5.74, 6) is -1.50. The summed E-state index contributed by atoms with van der Waals surface area (Å²) in [7, 11) is 0. The molecule has 0 radical (unpaired) electrons. The van der Waals surface area contributed by atoms with Gasteiger partial charge in [-0.05, 0) is 30.5 Å². The van der Waals surface area contributed by atoms with E-state index in [0.29, 0.717) is 6.42 Å². The molecule has 0 heterocycles. The molecule has 1 rings (SSSR count). The molecule has 0 aromatic heterocycles. The maximum atomic E-state index is 12.7. The maximum absolute atomic E-state index is 12.7. The fraction of sp³-hybridized carbons (Fsp3) is 0.500. The number of benzene rings is 1. The monoisotopic (exact) mass is 305 g/mol. The Morgan fingerprint density at radius 2 is 1.95 bits per heavy atom. The Morgan fingerprint density at radius 1 is 1.33 bits per heavy atom. The average molecular weight is 305 g/mol. The first-order valence-corrected chi connectivity index (χ1v) is 6.48. The van der Waals surface area contributed by atoms with E-state index in [-0.39, 0.29) is 24.3 Å². The van der Waals surface area contributed by atoms with Crippen LogP contribution in [0.3, 0.4) is 0 Å². The second-order valence-electron chi connectivity index (χ2n) is 5.07. The number of nitrogens with one attached hydrogen (secondary N) is 1. The zero-order chi connectivity index (χ0) is 16.2. The summed E-state index contributed by atoms with van der Waals surface area (Å²) in [6, 6.07) is 2.76. The second-order valence-corrected chi connectivity index (χ2v) is 5.07. The van der Waals surface area contributed by atoms with Gasteiger partial charge >= 0.3 is 12.1 Å². The summed E-state index contributed by atoms with van der Waals surface area (Å²) in [5.41, 5.74) is -1.68. The van der Waals surface area contributed by atoms with Crippen molar-refractivity contribution in [1.82, 2.24) is 0 Å². The van der Waals surface area contributed by atoms with Gasteiger partial charge in [0.05, 0.1) is 11.1 Å². The number of carboxylic acids is 1. The SMILES string of the molecule is CC(C)C(CCO)Nc1ccc(C(F)(F)F)c(C(=O)O)c1. The van der Waals surface area contributed by atoms with Crippen LogP contribution in [-0.2, 0) is 6.18 Å². The van der Waals surface area contributed by atoms with Crippen molar-refractivity contribution in [3.05, 3.63) is 29.3 Å². The lowest BCUT2D eigenvalue weighted by molar-refractivity contribution is -0.138. The third kappa shape index (κ3) is 4.63. The number of aliphatic hydroxyl groups excluding tert-OH is 1. The number of hydrogen-bond acceptors (Lipinski definition) is 3. The Balaban J connectivity index is 3.11. The highest BCUT2D eigenvalue weighted by Crippen LogP contribution is 2.33. The van der Waals surface area contributed by atoms with Gasteiger partial charge in [0.15, 0.2) is 0 Å². The first kappa shape index (κ1) is 17.3. The molecule has 0 aliphatic carbocycles. The predicted molar refractivity (Wildman–Crippen MR) is 72.4 cm³/mol. The van der Waals surface area contributed by atoms with Gasteiger partial charge in [0, 0.05) is 18.3 Å². The summed E-state index contributed by atoms with van der Waals surface area (Å²) < 4.78 is 38.2. The van der Waals surface area contributed by atoms with Crippen LogP contribution >= 0.6 is 0 Å². The normalized spacial score (nSPS) is 13.3. The molecule has 0 spiro atoms. The molecule has 0 aliphatic heterocycles. The van der Waals surface area contributed by atoms with E-state index in [9.17, 15) is 18.0 Å². The molecule has 1 aromatic rings. The quantitative estimate of drug-likeness (QED) is 0.755. The van der Waals surface area contributed by atoms with Gasteiger partial charge in [-0.15, -0.1) is 0 Å². The van der Waals surface area contributed by atoms with Crippen LogP contribution in [0.5, 0.6) is 0 Å². The van der Waals surface area contributed by atoms with E-state index in [1.807, 2.05) is 13.8 Å². The summed E-state index contributed by atoms with van der Waals surface area (Å²) in [6.07, 6.45) is -4.30. The minimum Gasteiger partial charge on any atom is -0.478 e. The molecule has 0 bridgehead atoms. The molecule has 1 aromatic carbocycles. The molecule has 0 aliphatic rings. The molecule has 0 amide bonds. The first-order chi connectivity index (χ1) is 9.66. The Morgan fingerprint density at radius 3 is 2.38 bits per heavy atom. The number of hydrogen-bond donors (Lipinski definition) is 3. The van der Waals surface area contributed by atoms with E-state index in [0.717, 1.165) is 12.1 Å². The second kappa shape index (κ2) is 6.80. The molecule has 118 valence electrons. The number of carboxylic acid groups (broad SMARTS) is 1. The van der Waals surface area contributed by atoms with Crippen molar-refractivity contribution >= 4 is 11.7 Å². The number of aliphatic hydroxyl groups is 1. The standard InChI is InChI=1S/C14H18F3NO3/c1-8(2)12(5-6-19)18-9-3-4-11(14(15,16)17)10(7-9)13(20)21/h3-4,7-8,12,18-19H,5-6H2,1-2H3,(H,20,21). The zero-order valence-electron chi connectivity index (χ0n) is 11.7. The largest absolute Gasteiger partial charge is 0.478 e. The van der Waals surface area contributed by atoms with Crippen molar-refractivity contribution < 1.29 is 28.2 Å². The van der Waals surface area contributed by atoms with E-state index in [1.54, 1.807) is 0 Å². The first-order valence-electron chi connectivity index (χ1n) is 6.48. The lowest BCUT2D eigenvalue weighted by atomic mass is 10.00. The van der Waals surface area contributed by atoms with Crippen LogP contribution in [0, 0.1) is 5.92 Å². The summed E-state index contributed by atoms with van der Waals surface area (Å²) in [5, 5.41) is 20.9.